The van der Waals surface area contributed by atoms with E-state index in [0.717, 1.165) is 19.3 Å². The Morgan fingerprint density at radius 2 is 1.92 bits per heavy atom. The van der Waals surface area contributed by atoms with Crippen molar-refractivity contribution in [1.29, 1.82) is 0 Å². The van der Waals surface area contributed by atoms with Crippen molar-refractivity contribution < 1.29 is 0 Å². The van der Waals surface area contributed by atoms with Gasteiger partial charge in [0.2, 0.25) is 0 Å². The van der Waals surface area contributed by atoms with Gasteiger partial charge in [-0.15, -0.1) is 0 Å². The van der Waals surface area contributed by atoms with Crippen molar-refractivity contribution in [3.8, 4) is 0 Å². The average molecular weight is 177 g/mol. The Hall–Kier alpha value is -0.820. The maximum Gasteiger partial charge on any atom is 0.0297 e. The van der Waals surface area contributed by atoms with E-state index in [1.807, 2.05) is 0 Å². The standard InChI is InChI=1S/C12H19N/c1-3-7-12(13)11-9-6-5-8-10(11)4-2/h5-6,8-9,12H,3-4,7,13H2,1-2H3/t12-/m1/s1. The Balaban J connectivity index is 2.85. The van der Waals surface area contributed by atoms with Gasteiger partial charge in [0, 0.05) is 6.04 Å². The summed E-state index contributed by atoms with van der Waals surface area (Å²) in [6.07, 6.45) is 3.31. The van der Waals surface area contributed by atoms with Crippen LogP contribution in [0.5, 0.6) is 0 Å². The van der Waals surface area contributed by atoms with Crippen LogP contribution in [0.1, 0.15) is 43.9 Å². The summed E-state index contributed by atoms with van der Waals surface area (Å²) in [5.74, 6) is 0. The molecule has 0 aliphatic rings. The van der Waals surface area contributed by atoms with E-state index < -0.39 is 0 Å². The minimum Gasteiger partial charge on any atom is -0.324 e. The minimum absolute atomic E-state index is 0.223. The molecule has 13 heavy (non-hydrogen) atoms. The van der Waals surface area contributed by atoms with E-state index in [-0.39, 0.29) is 6.04 Å². The second kappa shape index (κ2) is 5.03. The monoisotopic (exact) mass is 177 g/mol. The number of nitrogens with two attached hydrogens (primary N) is 1. The first kappa shape index (κ1) is 10.3. The number of aryl methyl sites for hydroxylation is 1. The van der Waals surface area contributed by atoms with Gasteiger partial charge in [-0.3, -0.25) is 0 Å². The van der Waals surface area contributed by atoms with Crippen LogP contribution in [0.4, 0.5) is 0 Å². The summed E-state index contributed by atoms with van der Waals surface area (Å²) in [6.45, 7) is 4.35. The van der Waals surface area contributed by atoms with Crippen LogP contribution < -0.4 is 5.73 Å². The molecule has 1 aromatic carbocycles. The molecule has 0 heterocycles. The molecule has 0 aliphatic heterocycles. The smallest absolute Gasteiger partial charge is 0.0297 e. The number of benzene rings is 1. The molecule has 0 spiro atoms. The molecule has 0 amide bonds. The lowest BCUT2D eigenvalue weighted by Crippen LogP contribution is -2.11. The van der Waals surface area contributed by atoms with Crippen LogP contribution in [0, 0.1) is 0 Å². The summed E-state index contributed by atoms with van der Waals surface area (Å²) in [5, 5.41) is 0. The third kappa shape index (κ3) is 2.56. The van der Waals surface area contributed by atoms with Crippen LogP contribution in [0.25, 0.3) is 0 Å². The van der Waals surface area contributed by atoms with Gasteiger partial charge < -0.3 is 5.73 Å². The molecule has 0 saturated heterocycles. The van der Waals surface area contributed by atoms with E-state index in [1.165, 1.54) is 11.1 Å². The van der Waals surface area contributed by atoms with Crippen LogP contribution in [0.3, 0.4) is 0 Å². The molecule has 0 fully saturated rings. The fourth-order valence-corrected chi connectivity index (χ4v) is 1.68. The molecule has 72 valence electrons. The number of rotatable bonds is 4. The highest BCUT2D eigenvalue weighted by Crippen LogP contribution is 2.20. The van der Waals surface area contributed by atoms with Gasteiger partial charge in [0.15, 0.2) is 0 Å². The lowest BCUT2D eigenvalue weighted by atomic mass is 9.96. The molecular weight excluding hydrogens is 158 g/mol. The Morgan fingerprint density at radius 3 is 2.54 bits per heavy atom. The minimum atomic E-state index is 0.223. The first-order valence-electron chi connectivity index (χ1n) is 5.13. The summed E-state index contributed by atoms with van der Waals surface area (Å²) in [6, 6.07) is 8.70. The van der Waals surface area contributed by atoms with E-state index in [1.54, 1.807) is 0 Å². The Labute approximate surface area is 81.0 Å². The van der Waals surface area contributed by atoms with Crippen molar-refractivity contribution in [1.82, 2.24) is 0 Å². The van der Waals surface area contributed by atoms with Crippen molar-refractivity contribution in [2.75, 3.05) is 0 Å². The predicted octanol–water partition coefficient (Wildman–Crippen LogP) is 3.05. The largest absolute Gasteiger partial charge is 0.324 e. The Bertz CT molecular complexity index is 255. The lowest BCUT2D eigenvalue weighted by molar-refractivity contribution is 0.633. The SMILES string of the molecule is CCC[C@@H](N)c1ccccc1CC. The van der Waals surface area contributed by atoms with Crippen LogP contribution in [0.2, 0.25) is 0 Å². The molecule has 1 aromatic rings. The van der Waals surface area contributed by atoms with E-state index in [2.05, 4.69) is 38.1 Å². The molecule has 0 unspecified atom stereocenters. The first-order valence-corrected chi connectivity index (χ1v) is 5.13. The molecule has 0 aromatic heterocycles. The lowest BCUT2D eigenvalue weighted by Gasteiger charge is -2.14. The van der Waals surface area contributed by atoms with E-state index in [0.29, 0.717) is 0 Å². The third-order valence-electron chi connectivity index (χ3n) is 2.44. The highest BCUT2D eigenvalue weighted by molar-refractivity contribution is 5.29. The van der Waals surface area contributed by atoms with Crippen LogP contribution in [0.15, 0.2) is 24.3 Å². The van der Waals surface area contributed by atoms with Gasteiger partial charge in [-0.2, -0.15) is 0 Å². The van der Waals surface area contributed by atoms with Crippen LogP contribution >= 0.6 is 0 Å². The van der Waals surface area contributed by atoms with Crippen molar-refractivity contribution in [3.63, 3.8) is 0 Å². The Morgan fingerprint density at radius 1 is 1.23 bits per heavy atom. The third-order valence-corrected chi connectivity index (χ3v) is 2.44. The highest BCUT2D eigenvalue weighted by Gasteiger charge is 2.07. The summed E-state index contributed by atoms with van der Waals surface area (Å²) in [4.78, 5) is 0. The molecule has 1 atom stereocenters. The zero-order valence-corrected chi connectivity index (χ0v) is 8.59. The van der Waals surface area contributed by atoms with E-state index in [9.17, 15) is 0 Å². The second-order valence-electron chi connectivity index (χ2n) is 3.45. The maximum absolute atomic E-state index is 6.08. The van der Waals surface area contributed by atoms with Crippen molar-refractivity contribution >= 4 is 0 Å². The molecule has 1 rings (SSSR count). The molecule has 0 saturated carbocycles. The maximum atomic E-state index is 6.08. The molecule has 0 radical (unpaired) electrons. The zero-order chi connectivity index (χ0) is 9.68. The quantitative estimate of drug-likeness (QED) is 0.751. The topological polar surface area (TPSA) is 26.0 Å². The van der Waals surface area contributed by atoms with Crippen LogP contribution in [-0.4, -0.2) is 0 Å². The average Bonchev–Trinajstić information content (AvgIpc) is 2.18. The molecule has 2 N–H and O–H groups in total. The van der Waals surface area contributed by atoms with E-state index in [4.69, 9.17) is 5.73 Å². The van der Waals surface area contributed by atoms with Gasteiger partial charge in [-0.1, -0.05) is 44.5 Å². The molecule has 1 nitrogen and oxygen atoms in total. The first-order chi connectivity index (χ1) is 6.29. The van der Waals surface area contributed by atoms with Gasteiger partial charge in [-0.05, 0) is 24.0 Å². The van der Waals surface area contributed by atoms with Gasteiger partial charge in [-0.25, -0.2) is 0 Å². The predicted molar refractivity (Wildman–Crippen MR) is 57.7 cm³/mol. The number of hydrogen-bond donors (Lipinski definition) is 1. The van der Waals surface area contributed by atoms with E-state index >= 15 is 0 Å². The normalized spacial score (nSPS) is 12.8. The van der Waals surface area contributed by atoms with Crippen molar-refractivity contribution in [2.45, 2.75) is 39.2 Å². The summed E-state index contributed by atoms with van der Waals surface area (Å²) in [5.41, 5.74) is 8.80. The number of hydrogen-bond acceptors (Lipinski definition) is 1. The van der Waals surface area contributed by atoms with Gasteiger partial charge in [0.25, 0.3) is 0 Å². The summed E-state index contributed by atoms with van der Waals surface area (Å²) < 4.78 is 0. The van der Waals surface area contributed by atoms with Gasteiger partial charge in [0.1, 0.15) is 0 Å². The molecule has 0 aliphatic carbocycles. The van der Waals surface area contributed by atoms with Crippen LogP contribution in [-0.2, 0) is 6.42 Å². The molecular formula is C12H19N. The van der Waals surface area contributed by atoms with Crippen molar-refractivity contribution in [3.05, 3.63) is 35.4 Å². The second-order valence-corrected chi connectivity index (χ2v) is 3.45. The summed E-state index contributed by atoms with van der Waals surface area (Å²) >= 11 is 0. The van der Waals surface area contributed by atoms with Gasteiger partial charge >= 0.3 is 0 Å². The fourth-order valence-electron chi connectivity index (χ4n) is 1.68. The Kier molecular flexibility index (Phi) is 3.97. The van der Waals surface area contributed by atoms with Gasteiger partial charge in [0.05, 0.1) is 0 Å². The highest BCUT2D eigenvalue weighted by atomic mass is 14.6. The summed E-state index contributed by atoms with van der Waals surface area (Å²) in [7, 11) is 0. The fraction of sp³-hybridized carbons (Fsp3) is 0.500. The zero-order valence-electron chi connectivity index (χ0n) is 8.59. The molecule has 0 bridgehead atoms. The van der Waals surface area contributed by atoms with Crippen molar-refractivity contribution in [2.24, 2.45) is 5.73 Å². The molecule has 1 heteroatoms.